The lowest BCUT2D eigenvalue weighted by molar-refractivity contribution is 0.0441. The SMILES string of the molecule is COC(C(C)C)C(N)Cc1cccc(F)c1. The molecule has 90 valence electrons. The fourth-order valence-electron chi connectivity index (χ4n) is 1.99. The molecule has 0 radical (unpaired) electrons. The molecule has 2 nitrogen and oxygen atoms in total. The van der Waals surface area contributed by atoms with Crippen LogP contribution in [0.25, 0.3) is 0 Å². The molecule has 0 spiro atoms. The maximum Gasteiger partial charge on any atom is 0.123 e. The van der Waals surface area contributed by atoms with Crippen LogP contribution < -0.4 is 5.73 Å². The van der Waals surface area contributed by atoms with E-state index in [1.807, 2.05) is 6.07 Å². The molecule has 0 saturated heterocycles. The van der Waals surface area contributed by atoms with Gasteiger partial charge in [-0.1, -0.05) is 26.0 Å². The Hall–Kier alpha value is -0.930. The summed E-state index contributed by atoms with van der Waals surface area (Å²) in [4.78, 5) is 0. The predicted octanol–water partition coefficient (Wildman–Crippen LogP) is 2.37. The summed E-state index contributed by atoms with van der Waals surface area (Å²) in [6, 6.07) is 6.44. The molecule has 0 aliphatic carbocycles. The van der Waals surface area contributed by atoms with Gasteiger partial charge in [0.2, 0.25) is 0 Å². The third kappa shape index (κ3) is 3.58. The van der Waals surface area contributed by atoms with Crippen LogP contribution >= 0.6 is 0 Å². The number of methoxy groups -OCH3 is 1. The van der Waals surface area contributed by atoms with Crippen molar-refractivity contribution in [3.63, 3.8) is 0 Å². The van der Waals surface area contributed by atoms with Crippen LogP contribution in [0.15, 0.2) is 24.3 Å². The first kappa shape index (κ1) is 13.1. The summed E-state index contributed by atoms with van der Waals surface area (Å²) < 4.78 is 18.3. The summed E-state index contributed by atoms with van der Waals surface area (Å²) in [6.45, 7) is 4.14. The van der Waals surface area contributed by atoms with Crippen LogP contribution in [0.3, 0.4) is 0 Å². The number of halogens is 1. The Morgan fingerprint density at radius 2 is 2.06 bits per heavy atom. The van der Waals surface area contributed by atoms with Crippen molar-refractivity contribution in [2.24, 2.45) is 11.7 Å². The Kier molecular flexibility index (Phi) is 4.90. The summed E-state index contributed by atoms with van der Waals surface area (Å²) in [6.07, 6.45) is 0.636. The number of benzene rings is 1. The molecule has 0 aliphatic heterocycles. The quantitative estimate of drug-likeness (QED) is 0.835. The van der Waals surface area contributed by atoms with E-state index in [4.69, 9.17) is 10.5 Å². The van der Waals surface area contributed by atoms with E-state index in [2.05, 4.69) is 13.8 Å². The number of hydrogen-bond acceptors (Lipinski definition) is 2. The zero-order valence-corrected chi connectivity index (χ0v) is 10.1. The third-order valence-electron chi connectivity index (χ3n) is 2.71. The number of hydrogen-bond donors (Lipinski definition) is 1. The smallest absolute Gasteiger partial charge is 0.123 e. The molecule has 2 N–H and O–H groups in total. The molecule has 0 aliphatic rings. The van der Waals surface area contributed by atoms with Crippen LogP contribution in [0.4, 0.5) is 4.39 Å². The van der Waals surface area contributed by atoms with E-state index in [-0.39, 0.29) is 18.0 Å². The molecule has 2 unspecified atom stereocenters. The second-order valence-corrected chi connectivity index (χ2v) is 4.44. The first-order valence-corrected chi connectivity index (χ1v) is 5.57. The van der Waals surface area contributed by atoms with Gasteiger partial charge in [-0.3, -0.25) is 0 Å². The fraction of sp³-hybridized carbons (Fsp3) is 0.538. The molecule has 0 fully saturated rings. The first-order valence-electron chi connectivity index (χ1n) is 5.57. The molecule has 16 heavy (non-hydrogen) atoms. The predicted molar refractivity (Wildman–Crippen MR) is 63.7 cm³/mol. The van der Waals surface area contributed by atoms with Crippen molar-refractivity contribution in [3.05, 3.63) is 35.6 Å². The van der Waals surface area contributed by atoms with Crippen molar-refractivity contribution in [1.82, 2.24) is 0 Å². The Labute approximate surface area is 96.6 Å². The molecule has 0 bridgehead atoms. The Balaban J connectivity index is 2.66. The molecule has 1 rings (SSSR count). The number of rotatable bonds is 5. The second kappa shape index (κ2) is 5.97. The monoisotopic (exact) mass is 225 g/mol. The molecular weight excluding hydrogens is 205 g/mol. The van der Waals surface area contributed by atoms with Gasteiger partial charge in [-0.05, 0) is 30.0 Å². The highest BCUT2D eigenvalue weighted by molar-refractivity contribution is 5.17. The summed E-state index contributed by atoms with van der Waals surface area (Å²) in [5, 5.41) is 0. The van der Waals surface area contributed by atoms with Crippen molar-refractivity contribution in [2.75, 3.05) is 7.11 Å². The van der Waals surface area contributed by atoms with Gasteiger partial charge in [0, 0.05) is 13.2 Å². The summed E-state index contributed by atoms with van der Waals surface area (Å²) in [5.41, 5.74) is 6.98. The van der Waals surface area contributed by atoms with Gasteiger partial charge in [0.25, 0.3) is 0 Å². The van der Waals surface area contributed by atoms with Gasteiger partial charge in [0.15, 0.2) is 0 Å². The standard InChI is InChI=1S/C13H20FNO/c1-9(2)13(16-3)12(15)8-10-5-4-6-11(14)7-10/h4-7,9,12-13H,8,15H2,1-3H3. The van der Waals surface area contributed by atoms with Gasteiger partial charge in [-0.15, -0.1) is 0 Å². The van der Waals surface area contributed by atoms with E-state index < -0.39 is 0 Å². The topological polar surface area (TPSA) is 35.2 Å². The zero-order valence-electron chi connectivity index (χ0n) is 10.1. The molecular formula is C13H20FNO. The third-order valence-corrected chi connectivity index (χ3v) is 2.71. The van der Waals surface area contributed by atoms with E-state index in [0.717, 1.165) is 5.56 Å². The van der Waals surface area contributed by atoms with Crippen LogP contribution in [-0.4, -0.2) is 19.3 Å². The largest absolute Gasteiger partial charge is 0.380 e. The van der Waals surface area contributed by atoms with Crippen molar-refractivity contribution >= 4 is 0 Å². The average molecular weight is 225 g/mol. The van der Waals surface area contributed by atoms with E-state index in [9.17, 15) is 4.39 Å². The minimum absolute atomic E-state index is 0.00303. The van der Waals surface area contributed by atoms with Gasteiger partial charge in [0.05, 0.1) is 6.10 Å². The molecule has 3 heteroatoms. The normalized spacial score (nSPS) is 15.1. The Morgan fingerprint density at radius 1 is 1.38 bits per heavy atom. The number of ether oxygens (including phenoxy) is 1. The highest BCUT2D eigenvalue weighted by Crippen LogP contribution is 2.14. The van der Waals surface area contributed by atoms with E-state index in [1.54, 1.807) is 13.2 Å². The molecule has 0 heterocycles. The Morgan fingerprint density at radius 3 is 2.56 bits per heavy atom. The van der Waals surface area contributed by atoms with Crippen molar-refractivity contribution in [2.45, 2.75) is 32.4 Å². The highest BCUT2D eigenvalue weighted by Gasteiger charge is 2.21. The molecule has 0 aromatic heterocycles. The highest BCUT2D eigenvalue weighted by atomic mass is 19.1. The van der Waals surface area contributed by atoms with E-state index >= 15 is 0 Å². The van der Waals surface area contributed by atoms with Gasteiger partial charge in [-0.25, -0.2) is 4.39 Å². The summed E-state index contributed by atoms with van der Waals surface area (Å²) in [7, 11) is 1.66. The molecule has 2 atom stereocenters. The molecule has 1 aromatic carbocycles. The molecule has 0 saturated carbocycles. The van der Waals surface area contributed by atoms with Crippen LogP contribution in [0, 0.1) is 11.7 Å². The maximum absolute atomic E-state index is 13.0. The Bertz CT molecular complexity index is 327. The lowest BCUT2D eigenvalue weighted by Crippen LogP contribution is -2.41. The van der Waals surface area contributed by atoms with Crippen LogP contribution in [0.2, 0.25) is 0 Å². The van der Waals surface area contributed by atoms with Gasteiger partial charge < -0.3 is 10.5 Å². The van der Waals surface area contributed by atoms with E-state index in [0.29, 0.717) is 12.3 Å². The minimum Gasteiger partial charge on any atom is -0.380 e. The van der Waals surface area contributed by atoms with Crippen molar-refractivity contribution < 1.29 is 9.13 Å². The number of nitrogens with two attached hydrogens (primary N) is 1. The van der Waals surface area contributed by atoms with Crippen molar-refractivity contribution in [1.29, 1.82) is 0 Å². The fourth-order valence-corrected chi connectivity index (χ4v) is 1.99. The minimum atomic E-state index is -0.219. The van der Waals surface area contributed by atoms with E-state index in [1.165, 1.54) is 12.1 Å². The molecule has 0 amide bonds. The first-order chi connectivity index (χ1) is 7.54. The zero-order chi connectivity index (χ0) is 12.1. The van der Waals surface area contributed by atoms with Gasteiger partial charge in [0.1, 0.15) is 5.82 Å². The summed E-state index contributed by atoms with van der Waals surface area (Å²) in [5.74, 6) is 0.136. The second-order valence-electron chi connectivity index (χ2n) is 4.44. The van der Waals surface area contributed by atoms with Gasteiger partial charge in [-0.2, -0.15) is 0 Å². The van der Waals surface area contributed by atoms with Gasteiger partial charge >= 0.3 is 0 Å². The summed E-state index contributed by atoms with van der Waals surface area (Å²) >= 11 is 0. The van der Waals surface area contributed by atoms with Crippen LogP contribution in [0.5, 0.6) is 0 Å². The molecule has 1 aromatic rings. The van der Waals surface area contributed by atoms with Crippen molar-refractivity contribution in [3.8, 4) is 0 Å². The average Bonchev–Trinajstić information content (AvgIpc) is 2.17. The lowest BCUT2D eigenvalue weighted by atomic mass is 9.94. The van der Waals surface area contributed by atoms with Crippen LogP contribution in [0.1, 0.15) is 19.4 Å². The lowest BCUT2D eigenvalue weighted by Gasteiger charge is -2.26. The van der Waals surface area contributed by atoms with Crippen LogP contribution in [-0.2, 0) is 11.2 Å². The maximum atomic E-state index is 13.0.